The molecule has 0 aromatic carbocycles. The Morgan fingerprint density at radius 1 is 1.71 bits per heavy atom. The summed E-state index contributed by atoms with van der Waals surface area (Å²) in [4.78, 5) is 0. The highest BCUT2D eigenvalue weighted by Crippen LogP contribution is 1.74. The van der Waals surface area contributed by atoms with Crippen molar-refractivity contribution in [3.05, 3.63) is 12.2 Å². The molecule has 0 aromatic rings. The molecule has 0 nitrogen and oxygen atoms in total. The molecule has 0 N–H and O–H groups in total. The van der Waals surface area contributed by atoms with Crippen LogP contribution < -0.4 is 0 Å². The normalized spacial score (nSPS) is 8.29. The first-order valence-electron chi connectivity index (χ1n) is 2.05. The molecule has 0 atom stereocenters. The fraction of sp³-hybridized carbons (Fsp3) is 0.333. The molecule has 0 radical (unpaired) electrons. The van der Waals surface area contributed by atoms with Crippen molar-refractivity contribution in [1.29, 1.82) is 0 Å². The highest BCUT2D eigenvalue weighted by molar-refractivity contribution is 6.18. The predicted octanol–water partition coefficient (Wildman–Crippen LogP) is 1.80. The van der Waals surface area contributed by atoms with Gasteiger partial charge >= 0.3 is 0 Å². The fourth-order valence-corrected chi connectivity index (χ4v) is 0.276. The van der Waals surface area contributed by atoms with Crippen LogP contribution >= 0.6 is 11.6 Å². The lowest BCUT2D eigenvalue weighted by Gasteiger charge is -1.65. The second kappa shape index (κ2) is 5.59. The molecule has 0 aliphatic carbocycles. The maximum Gasteiger partial charge on any atom is 0.0413 e. The van der Waals surface area contributed by atoms with E-state index in [0.717, 1.165) is 0 Å². The summed E-state index contributed by atoms with van der Waals surface area (Å²) in [6.45, 7) is 1.79. The van der Waals surface area contributed by atoms with Gasteiger partial charge in [0.2, 0.25) is 0 Å². The summed E-state index contributed by atoms with van der Waals surface area (Å²) in [5.74, 6) is 5.99. The van der Waals surface area contributed by atoms with Crippen molar-refractivity contribution in [3.63, 3.8) is 0 Å². The highest BCUT2D eigenvalue weighted by atomic mass is 35.5. The zero-order valence-corrected chi connectivity index (χ0v) is 5.00. The first kappa shape index (κ1) is 6.59. The first-order valence-corrected chi connectivity index (χ1v) is 2.58. The predicted molar refractivity (Wildman–Crippen MR) is 33.3 cm³/mol. The molecule has 0 spiro atoms. The van der Waals surface area contributed by atoms with E-state index in [4.69, 9.17) is 11.6 Å². The molecule has 0 rings (SSSR count). The Kier molecular flexibility index (Phi) is 5.26. The van der Waals surface area contributed by atoms with E-state index in [0.29, 0.717) is 5.88 Å². The summed E-state index contributed by atoms with van der Waals surface area (Å²) in [7, 11) is 0. The lowest BCUT2D eigenvalue weighted by Crippen LogP contribution is -1.54. The van der Waals surface area contributed by atoms with Gasteiger partial charge in [-0.3, -0.25) is 0 Å². The molecule has 7 heavy (non-hydrogen) atoms. The molecule has 0 saturated carbocycles. The van der Waals surface area contributed by atoms with Gasteiger partial charge in [0.1, 0.15) is 0 Å². The van der Waals surface area contributed by atoms with Crippen LogP contribution in [0, 0.1) is 11.8 Å². The van der Waals surface area contributed by atoms with E-state index in [2.05, 4.69) is 11.8 Å². The van der Waals surface area contributed by atoms with Crippen LogP contribution in [0.5, 0.6) is 0 Å². The lowest BCUT2D eigenvalue weighted by atomic mass is 10.5. The Balaban J connectivity index is 3.21. The summed E-state index contributed by atoms with van der Waals surface area (Å²) in [5, 5.41) is 0. The Hall–Kier alpha value is -0.410. The molecule has 0 fully saturated rings. The molecular formula is C6H7Cl. The van der Waals surface area contributed by atoms with Crippen LogP contribution in [0.15, 0.2) is 12.2 Å². The lowest BCUT2D eigenvalue weighted by molar-refractivity contribution is 1.76. The molecule has 0 aliphatic heterocycles. The quantitative estimate of drug-likeness (QED) is 0.360. The number of hydrogen-bond donors (Lipinski definition) is 0. The van der Waals surface area contributed by atoms with Crippen molar-refractivity contribution in [2.24, 2.45) is 0 Å². The number of allylic oxidation sites excluding steroid dienone is 2. The molecule has 0 amide bonds. The van der Waals surface area contributed by atoms with Gasteiger partial charge < -0.3 is 0 Å². The van der Waals surface area contributed by atoms with Crippen LogP contribution in [0.2, 0.25) is 0 Å². The van der Waals surface area contributed by atoms with Crippen molar-refractivity contribution >= 4 is 11.6 Å². The molecular weight excluding hydrogens is 108 g/mol. The molecule has 0 aromatic heterocycles. The number of halogens is 1. The summed E-state index contributed by atoms with van der Waals surface area (Å²) < 4.78 is 0. The Labute approximate surface area is 49.2 Å². The van der Waals surface area contributed by atoms with Gasteiger partial charge in [0.05, 0.1) is 0 Å². The smallest absolute Gasteiger partial charge is 0.0413 e. The fourth-order valence-electron chi connectivity index (χ4n) is 0.187. The van der Waals surface area contributed by atoms with Gasteiger partial charge in [-0.15, -0.1) is 17.5 Å². The second-order valence-corrected chi connectivity index (χ2v) is 1.26. The van der Waals surface area contributed by atoms with Crippen molar-refractivity contribution in [2.45, 2.75) is 6.92 Å². The van der Waals surface area contributed by atoms with Gasteiger partial charge in [-0.2, -0.15) is 0 Å². The summed E-state index contributed by atoms with van der Waals surface area (Å²) in [5.41, 5.74) is 0. The van der Waals surface area contributed by atoms with Crippen LogP contribution in [0.4, 0.5) is 0 Å². The standard InChI is InChI=1S/C6H7Cl/c1-2-3-4-5-6-7/h4-5H,6H2,1H3. The van der Waals surface area contributed by atoms with Crippen LogP contribution in [-0.4, -0.2) is 5.88 Å². The maximum atomic E-state index is 5.28. The average molecular weight is 115 g/mol. The Morgan fingerprint density at radius 2 is 2.43 bits per heavy atom. The van der Waals surface area contributed by atoms with Crippen molar-refractivity contribution < 1.29 is 0 Å². The summed E-state index contributed by atoms with van der Waals surface area (Å²) in [6, 6.07) is 0. The monoisotopic (exact) mass is 114 g/mol. The SMILES string of the molecule is CC#CC=CCCl. The van der Waals surface area contributed by atoms with Crippen molar-refractivity contribution in [2.75, 3.05) is 5.88 Å². The average Bonchev–Trinajstić information content (AvgIpc) is 1.69. The summed E-state index contributed by atoms with van der Waals surface area (Å²) in [6.07, 6.45) is 3.55. The number of alkyl halides is 1. The van der Waals surface area contributed by atoms with Crippen LogP contribution in [0.3, 0.4) is 0 Å². The van der Waals surface area contributed by atoms with Crippen LogP contribution in [0.25, 0.3) is 0 Å². The molecule has 0 heterocycles. The minimum absolute atomic E-state index is 0.550. The van der Waals surface area contributed by atoms with Gasteiger partial charge in [0.15, 0.2) is 0 Å². The third kappa shape index (κ3) is 5.59. The minimum Gasteiger partial charge on any atom is -0.122 e. The Morgan fingerprint density at radius 3 is 2.86 bits per heavy atom. The van der Waals surface area contributed by atoms with E-state index in [9.17, 15) is 0 Å². The third-order valence-corrected chi connectivity index (χ3v) is 0.613. The van der Waals surface area contributed by atoms with Gasteiger partial charge in [0.25, 0.3) is 0 Å². The molecule has 0 bridgehead atoms. The Bertz CT molecular complexity index is 103. The van der Waals surface area contributed by atoms with E-state index in [1.54, 1.807) is 19.1 Å². The van der Waals surface area contributed by atoms with Gasteiger partial charge in [-0.1, -0.05) is 12.0 Å². The molecule has 38 valence electrons. The van der Waals surface area contributed by atoms with E-state index in [-0.39, 0.29) is 0 Å². The van der Waals surface area contributed by atoms with Crippen molar-refractivity contribution in [1.82, 2.24) is 0 Å². The molecule has 0 saturated heterocycles. The number of hydrogen-bond acceptors (Lipinski definition) is 0. The van der Waals surface area contributed by atoms with Gasteiger partial charge in [-0.05, 0) is 13.0 Å². The van der Waals surface area contributed by atoms with Crippen LogP contribution in [-0.2, 0) is 0 Å². The van der Waals surface area contributed by atoms with Crippen LogP contribution in [0.1, 0.15) is 6.92 Å². The van der Waals surface area contributed by atoms with E-state index < -0.39 is 0 Å². The van der Waals surface area contributed by atoms with E-state index in [1.807, 2.05) is 0 Å². The maximum absolute atomic E-state index is 5.28. The van der Waals surface area contributed by atoms with E-state index in [1.165, 1.54) is 0 Å². The zero-order valence-electron chi connectivity index (χ0n) is 4.24. The topological polar surface area (TPSA) is 0 Å². The molecule has 0 aliphatic rings. The molecule has 0 unspecified atom stereocenters. The van der Waals surface area contributed by atoms with Gasteiger partial charge in [-0.25, -0.2) is 0 Å². The molecule has 1 heteroatoms. The van der Waals surface area contributed by atoms with Crippen molar-refractivity contribution in [3.8, 4) is 11.8 Å². The second-order valence-electron chi connectivity index (χ2n) is 0.951. The minimum atomic E-state index is 0.550. The van der Waals surface area contributed by atoms with E-state index >= 15 is 0 Å². The first-order chi connectivity index (χ1) is 3.41. The third-order valence-electron chi connectivity index (χ3n) is 0.435. The zero-order chi connectivity index (χ0) is 5.54. The number of rotatable bonds is 1. The highest BCUT2D eigenvalue weighted by Gasteiger charge is 1.58. The van der Waals surface area contributed by atoms with Gasteiger partial charge in [0, 0.05) is 5.88 Å². The largest absolute Gasteiger partial charge is 0.122 e. The summed E-state index contributed by atoms with van der Waals surface area (Å²) >= 11 is 5.28.